The van der Waals surface area contributed by atoms with Gasteiger partial charge in [0.15, 0.2) is 11.5 Å². The van der Waals surface area contributed by atoms with Crippen LogP contribution in [0.25, 0.3) is 6.08 Å². The zero-order valence-electron chi connectivity index (χ0n) is 10.9. The fourth-order valence-corrected chi connectivity index (χ4v) is 1.61. The van der Waals surface area contributed by atoms with E-state index in [9.17, 15) is 9.90 Å². The average Bonchev–Trinajstić information content (AvgIpc) is 2.42. The monoisotopic (exact) mass is 270 g/mol. The highest BCUT2D eigenvalue weighted by molar-refractivity contribution is 5.90. The molecule has 4 nitrogen and oxygen atoms in total. The van der Waals surface area contributed by atoms with E-state index in [4.69, 9.17) is 9.84 Å². The Hall–Kier alpha value is -2.75. The zero-order chi connectivity index (χ0) is 14.5. The first-order chi connectivity index (χ1) is 9.56. The standard InChI is InChI=1S/C16H14O4/c1-11-6-8-12(9-7-11)10-15(16(18)19)20-14-5-3-2-4-13(14)17/h2-10,17H,1H3,(H,18,19). The highest BCUT2D eigenvalue weighted by Crippen LogP contribution is 2.27. The number of hydrogen-bond donors (Lipinski definition) is 2. The molecule has 4 heteroatoms. The van der Waals surface area contributed by atoms with Crippen LogP contribution >= 0.6 is 0 Å². The minimum atomic E-state index is -1.20. The van der Waals surface area contributed by atoms with E-state index in [2.05, 4.69) is 0 Å². The molecule has 0 aliphatic carbocycles. The van der Waals surface area contributed by atoms with Gasteiger partial charge in [-0.2, -0.15) is 0 Å². The van der Waals surface area contributed by atoms with E-state index >= 15 is 0 Å². The zero-order valence-corrected chi connectivity index (χ0v) is 10.9. The van der Waals surface area contributed by atoms with Crippen molar-refractivity contribution in [3.05, 3.63) is 65.4 Å². The Kier molecular flexibility index (Phi) is 4.05. The van der Waals surface area contributed by atoms with Gasteiger partial charge in [-0.25, -0.2) is 4.79 Å². The van der Waals surface area contributed by atoms with Crippen molar-refractivity contribution in [2.75, 3.05) is 0 Å². The molecule has 0 atom stereocenters. The largest absolute Gasteiger partial charge is 0.504 e. The van der Waals surface area contributed by atoms with Crippen molar-refractivity contribution in [2.45, 2.75) is 6.92 Å². The Balaban J connectivity index is 2.30. The number of phenols is 1. The summed E-state index contributed by atoms with van der Waals surface area (Å²) in [4.78, 5) is 11.2. The van der Waals surface area contributed by atoms with Crippen molar-refractivity contribution in [1.82, 2.24) is 0 Å². The van der Waals surface area contributed by atoms with Gasteiger partial charge in [-0.1, -0.05) is 42.0 Å². The van der Waals surface area contributed by atoms with Gasteiger partial charge >= 0.3 is 5.97 Å². The van der Waals surface area contributed by atoms with E-state index in [-0.39, 0.29) is 17.3 Å². The van der Waals surface area contributed by atoms with Gasteiger partial charge in [0, 0.05) is 0 Å². The minimum absolute atomic E-state index is 0.105. The summed E-state index contributed by atoms with van der Waals surface area (Å²) in [6.45, 7) is 1.95. The number of carbonyl (C=O) groups is 1. The van der Waals surface area contributed by atoms with Crippen molar-refractivity contribution < 1.29 is 19.7 Å². The molecule has 0 aliphatic heterocycles. The van der Waals surface area contributed by atoms with Crippen LogP contribution in [-0.2, 0) is 4.79 Å². The lowest BCUT2D eigenvalue weighted by molar-refractivity contribution is -0.134. The van der Waals surface area contributed by atoms with Gasteiger partial charge in [0.25, 0.3) is 0 Å². The van der Waals surface area contributed by atoms with E-state index in [1.807, 2.05) is 19.1 Å². The Morgan fingerprint density at radius 3 is 2.35 bits per heavy atom. The molecule has 2 aromatic carbocycles. The third kappa shape index (κ3) is 3.38. The summed E-state index contributed by atoms with van der Waals surface area (Å²) >= 11 is 0. The molecule has 2 rings (SSSR count). The molecule has 0 aromatic heterocycles. The lowest BCUT2D eigenvalue weighted by atomic mass is 10.1. The van der Waals surface area contributed by atoms with Gasteiger partial charge in [-0.15, -0.1) is 0 Å². The summed E-state index contributed by atoms with van der Waals surface area (Å²) in [5, 5.41) is 18.8. The number of phenolic OH excluding ortho intramolecular Hbond substituents is 1. The van der Waals surface area contributed by atoms with Gasteiger partial charge in [-0.3, -0.25) is 0 Å². The van der Waals surface area contributed by atoms with Crippen molar-refractivity contribution in [1.29, 1.82) is 0 Å². The number of aromatic hydroxyl groups is 1. The summed E-state index contributed by atoms with van der Waals surface area (Å²) in [5.74, 6) is -1.46. The second kappa shape index (κ2) is 5.93. The Morgan fingerprint density at radius 1 is 1.10 bits per heavy atom. The quantitative estimate of drug-likeness (QED) is 0.661. The molecule has 0 radical (unpaired) electrons. The van der Waals surface area contributed by atoms with E-state index < -0.39 is 5.97 Å². The molecule has 0 unspecified atom stereocenters. The van der Waals surface area contributed by atoms with Crippen molar-refractivity contribution >= 4 is 12.0 Å². The molecule has 20 heavy (non-hydrogen) atoms. The Morgan fingerprint density at radius 2 is 1.75 bits per heavy atom. The molecule has 0 heterocycles. The second-order valence-electron chi connectivity index (χ2n) is 4.29. The molecule has 2 aromatic rings. The summed E-state index contributed by atoms with van der Waals surface area (Å²) in [6.07, 6.45) is 1.41. The van der Waals surface area contributed by atoms with Crippen molar-refractivity contribution in [2.24, 2.45) is 0 Å². The van der Waals surface area contributed by atoms with Crippen LogP contribution in [0.15, 0.2) is 54.3 Å². The third-order valence-corrected chi connectivity index (χ3v) is 2.67. The first-order valence-electron chi connectivity index (χ1n) is 6.04. The smallest absolute Gasteiger partial charge is 0.371 e. The highest BCUT2D eigenvalue weighted by Gasteiger charge is 2.12. The summed E-state index contributed by atoms with van der Waals surface area (Å²) < 4.78 is 5.25. The number of carboxylic acid groups (broad SMARTS) is 1. The summed E-state index contributed by atoms with van der Waals surface area (Å²) in [5.41, 5.74) is 1.80. The fourth-order valence-electron chi connectivity index (χ4n) is 1.61. The van der Waals surface area contributed by atoms with Gasteiger partial charge in [0.05, 0.1) is 0 Å². The maximum absolute atomic E-state index is 11.2. The third-order valence-electron chi connectivity index (χ3n) is 2.67. The lowest BCUT2D eigenvalue weighted by Gasteiger charge is -2.08. The topological polar surface area (TPSA) is 66.8 Å². The van der Waals surface area contributed by atoms with E-state index in [1.54, 1.807) is 24.3 Å². The molecule has 0 amide bonds. The average molecular weight is 270 g/mol. The van der Waals surface area contributed by atoms with Crippen LogP contribution in [0.4, 0.5) is 0 Å². The van der Waals surface area contributed by atoms with Gasteiger partial charge in [0.2, 0.25) is 5.76 Å². The minimum Gasteiger partial charge on any atom is -0.504 e. The maximum atomic E-state index is 11.2. The van der Waals surface area contributed by atoms with Crippen molar-refractivity contribution in [3.63, 3.8) is 0 Å². The first-order valence-corrected chi connectivity index (χ1v) is 6.04. The van der Waals surface area contributed by atoms with Crippen molar-refractivity contribution in [3.8, 4) is 11.5 Å². The Bertz CT molecular complexity index is 642. The number of carboxylic acids is 1. The number of aryl methyl sites for hydroxylation is 1. The fraction of sp³-hybridized carbons (Fsp3) is 0.0625. The maximum Gasteiger partial charge on any atom is 0.371 e. The predicted octanol–water partition coefficient (Wildman–Crippen LogP) is 3.21. The number of rotatable bonds is 4. The molecule has 2 N–H and O–H groups in total. The molecule has 102 valence electrons. The highest BCUT2D eigenvalue weighted by atomic mass is 16.5. The van der Waals surface area contributed by atoms with Crippen LogP contribution < -0.4 is 4.74 Å². The van der Waals surface area contributed by atoms with Crippen LogP contribution in [0.5, 0.6) is 11.5 Å². The van der Waals surface area contributed by atoms with E-state index in [0.29, 0.717) is 5.56 Å². The molecular weight excluding hydrogens is 256 g/mol. The van der Waals surface area contributed by atoms with Crippen LogP contribution in [0.3, 0.4) is 0 Å². The van der Waals surface area contributed by atoms with E-state index in [1.165, 1.54) is 18.2 Å². The van der Waals surface area contributed by atoms with Gasteiger partial charge < -0.3 is 14.9 Å². The van der Waals surface area contributed by atoms with E-state index in [0.717, 1.165) is 5.56 Å². The van der Waals surface area contributed by atoms with Crippen LogP contribution in [0, 0.1) is 6.92 Å². The number of ether oxygens (including phenoxy) is 1. The molecule has 0 bridgehead atoms. The Labute approximate surface area is 116 Å². The second-order valence-corrected chi connectivity index (χ2v) is 4.29. The molecule has 0 saturated carbocycles. The SMILES string of the molecule is Cc1ccc(C=C(Oc2ccccc2O)C(=O)O)cc1. The number of hydrogen-bond acceptors (Lipinski definition) is 3. The molecular formula is C16H14O4. The number of aliphatic carboxylic acids is 1. The number of para-hydroxylation sites is 2. The lowest BCUT2D eigenvalue weighted by Crippen LogP contribution is -2.07. The first kappa shape index (κ1) is 13.7. The summed E-state index contributed by atoms with van der Waals surface area (Å²) in [6, 6.07) is 13.6. The van der Waals surface area contributed by atoms with Gasteiger partial charge in [-0.05, 0) is 30.7 Å². The molecule has 0 spiro atoms. The normalized spacial score (nSPS) is 11.2. The van der Waals surface area contributed by atoms with Crippen LogP contribution in [-0.4, -0.2) is 16.2 Å². The molecule has 0 aliphatic rings. The van der Waals surface area contributed by atoms with Gasteiger partial charge in [0.1, 0.15) is 0 Å². The molecule has 0 fully saturated rings. The summed E-state index contributed by atoms with van der Waals surface area (Å²) in [7, 11) is 0. The number of benzene rings is 2. The molecule has 0 saturated heterocycles. The van der Waals surface area contributed by atoms with Crippen LogP contribution in [0.2, 0.25) is 0 Å². The van der Waals surface area contributed by atoms with Crippen LogP contribution in [0.1, 0.15) is 11.1 Å². The predicted molar refractivity (Wildman–Crippen MR) is 75.5 cm³/mol.